The first kappa shape index (κ1) is 14.1. The number of carbonyl (C=O) groups is 1. The lowest BCUT2D eigenvalue weighted by molar-refractivity contribution is -0.131. The molecule has 2 aromatic rings. The molecule has 0 bridgehead atoms. The fraction of sp³-hybridized carbons (Fsp3) is 0.471. The van der Waals surface area contributed by atoms with Crippen LogP contribution < -0.4 is 0 Å². The van der Waals surface area contributed by atoms with Gasteiger partial charge in [-0.2, -0.15) is 0 Å². The topological polar surface area (TPSA) is 56.3 Å². The van der Waals surface area contributed by atoms with Crippen LogP contribution in [0, 0.1) is 0 Å². The molecule has 2 N–H and O–H groups in total. The minimum Gasteiger partial charge on any atom is -0.394 e. The Morgan fingerprint density at radius 2 is 2.24 bits per heavy atom. The largest absolute Gasteiger partial charge is 0.394 e. The maximum absolute atomic E-state index is 11.7. The van der Waals surface area contributed by atoms with E-state index in [0.717, 1.165) is 31.3 Å². The summed E-state index contributed by atoms with van der Waals surface area (Å²) in [5, 5.41) is 10.9. The van der Waals surface area contributed by atoms with E-state index in [1.54, 1.807) is 6.92 Å². The highest BCUT2D eigenvalue weighted by Crippen LogP contribution is 2.35. The molecule has 1 amide bonds. The molecule has 2 heterocycles. The maximum atomic E-state index is 11.7. The number of aromatic amines is 1. The van der Waals surface area contributed by atoms with Gasteiger partial charge < -0.3 is 15.0 Å². The van der Waals surface area contributed by atoms with Crippen molar-refractivity contribution in [1.29, 1.82) is 0 Å². The average Bonchev–Trinajstić information content (AvgIpc) is 2.79. The van der Waals surface area contributed by atoms with Gasteiger partial charge in [-0.1, -0.05) is 18.2 Å². The Balaban J connectivity index is 1.90. The molecule has 1 fully saturated rings. The number of likely N-dealkylation sites (tertiary alicyclic amines) is 1. The van der Waals surface area contributed by atoms with Gasteiger partial charge in [0.2, 0.25) is 5.91 Å². The van der Waals surface area contributed by atoms with Crippen molar-refractivity contribution in [2.75, 3.05) is 13.2 Å². The number of aliphatic hydroxyl groups excluding tert-OH is 1. The molecule has 21 heavy (non-hydrogen) atoms. The van der Waals surface area contributed by atoms with Crippen LogP contribution in [-0.2, 0) is 4.79 Å². The average molecular weight is 286 g/mol. The molecule has 3 rings (SSSR count). The van der Waals surface area contributed by atoms with Gasteiger partial charge in [-0.25, -0.2) is 0 Å². The van der Waals surface area contributed by atoms with Crippen molar-refractivity contribution < 1.29 is 9.90 Å². The van der Waals surface area contributed by atoms with Crippen molar-refractivity contribution in [2.24, 2.45) is 0 Å². The van der Waals surface area contributed by atoms with Crippen molar-refractivity contribution in [2.45, 2.75) is 38.1 Å². The van der Waals surface area contributed by atoms with E-state index in [2.05, 4.69) is 29.4 Å². The minimum atomic E-state index is -0.0661. The molecule has 1 aromatic carbocycles. The van der Waals surface area contributed by atoms with Crippen molar-refractivity contribution in [3.05, 3.63) is 36.0 Å². The molecule has 0 radical (unpaired) electrons. The van der Waals surface area contributed by atoms with E-state index in [1.807, 2.05) is 11.0 Å². The summed E-state index contributed by atoms with van der Waals surface area (Å²) in [6, 6.07) is 8.25. The zero-order valence-corrected chi connectivity index (χ0v) is 12.4. The van der Waals surface area contributed by atoms with Gasteiger partial charge >= 0.3 is 0 Å². The zero-order chi connectivity index (χ0) is 14.8. The first-order valence-corrected chi connectivity index (χ1v) is 7.64. The van der Waals surface area contributed by atoms with E-state index in [4.69, 9.17) is 0 Å². The Morgan fingerprint density at radius 1 is 1.43 bits per heavy atom. The Kier molecular flexibility index (Phi) is 3.97. The van der Waals surface area contributed by atoms with Gasteiger partial charge in [-0.3, -0.25) is 4.79 Å². The normalized spacial score (nSPS) is 23.2. The third-order valence-electron chi connectivity index (χ3n) is 4.63. The van der Waals surface area contributed by atoms with Crippen LogP contribution in [0.4, 0.5) is 0 Å². The van der Waals surface area contributed by atoms with E-state index in [-0.39, 0.29) is 18.6 Å². The number of carbonyl (C=O) groups excluding carboxylic acids is 1. The lowest BCUT2D eigenvalue weighted by Gasteiger charge is -2.28. The van der Waals surface area contributed by atoms with E-state index < -0.39 is 0 Å². The van der Waals surface area contributed by atoms with Crippen molar-refractivity contribution in [1.82, 2.24) is 9.88 Å². The molecule has 1 aliphatic rings. The van der Waals surface area contributed by atoms with Gasteiger partial charge in [-0.15, -0.1) is 0 Å². The van der Waals surface area contributed by atoms with Gasteiger partial charge in [0.05, 0.1) is 12.6 Å². The van der Waals surface area contributed by atoms with Gasteiger partial charge in [0, 0.05) is 30.6 Å². The second kappa shape index (κ2) is 5.90. The molecule has 0 aliphatic carbocycles. The maximum Gasteiger partial charge on any atom is 0.219 e. The Labute approximate surface area is 124 Å². The number of aliphatic hydroxyl groups is 1. The van der Waals surface area contributed by atoms with Crippen LogP contribution in [0.3, 0.4) is 0 Å². The number of hydrogen-bond donors (Lipinski definition) is 2. The van der Waals surface area contributed by atoms with Crippen LogP contribution in [0.25, 0.3) is 10.9 Å². The second-order valence-corrected chi connectivity index (χ2v) is 5.91. The second-order valence-electron chi connectivity index (χ2n) is 5.91. The summed E-state index contributed by atoms with van der Waals surface area (Å²) < 4.78 is 0. The third-order valence-corrected chi connectivity index (χ3v) is 4.63. The predicted octanol–water partition coefficient (Wildman–Crippen LogP) is 2.64. The molecule has 4 heteroatoms. The molecular weight excluding hydrogens is 264 g/mol. The number of rotatable bonds is 2. The number of fused-ring (bicyclic) bond motifs is 1. The van der Waals surface area contributed by atoms with E-state index in [1.165, 1.54) is 10.9 Å². The van der Waals surface area contributed by atoms with E-state index >= 15 is 0 Å². The fourth-order valence-electron chi connectivity index (χ4n) is 3.57. The summed E-state index contributed by atoms with van der Waals surface area (Å²) in [4.78, 5) is 16.9. The summed E-state index contributed by atoms with van der Waals surface area (Å²) >= 11 is 0. The lowest BCUT2D eigenvalue weighted by atomic mass is 9.89. The summed E-state index contributed by atoms with van der Waals surface area (Å²) in [5.74, 6) is 0.455. The zero-order valence-electron chi connectivity index (χ0n) is 12.4. The Hall–Kier alpha value is -1.81. The number of nitrogens with one attached hydrogen (secondary N) is 1. The minimum absolute atomic E-state index is 0.0401. The molecule has 0 saturated carbocycles. The standard InChI is InChI=1S/C17H22N2O2/c1-12(21)19-8-4-5-13(9-14(19)11-20)16-10-18-17-7-3-2-6-15(16)17/h2-3,6-7,10,13-14,18,20H,4-5,8-9,11H2,1H3. The molecule has 1 aliphatic heterocycles. The van der Waals surface area contributed by atoms with Gasteiger partial charge in [-0.05, 0) is 36.8 Å². The van der Waals surface area contributed by atoms with Crippen LogP contribution in [0.5, 0.6) is 0 Å². The third kappa shape index (κ3) is 2.68. The number of nitrogens with zero attached hydrogens (tertiary/aromatic N) is 1. The van der Waals surface area contributed by atoms with Crippen molar-refractivity contribution in [3.63, 3.8) is 0 Å². The van der Waals surface area contributed by atoms with Crippen LogP contribution in [0.2, 0.25) is 0 Å². The molecule has 1 saturated heterocycles. The van der Waals surface area contributed by atoms with Crippen molar-refractivity contribution in [3.8, 4) is 0 Å². The molecule has 4 nitrogen and oxygen atoms in total. The predicted molar refractivity (Wildman–Crippen MR) is 83.2 cm³/mol. The van der Waals surface area contributed by atoms with Crippen molar-refractivity contribution >= 4 is 16.8 Å². The lowest BCUT2D eigenvalue weighted by Crippen LogP contribution is -2.41. The SMILES string of the molecule is CC(=O)N1CCCC(c2c[nH]c3ccccc23)CC1CO. The van der Waals surface area contributed by atoms with E-state index in [9.17, 15) is 9.90 Å². The number of amides is 1. The first-order chi connectivity index (χ1) is 10.2. The fourth-order valence-corrected chi connectivity index (χ4v) is 3.57. The smallest absolute Gasteiger partial charge is 0.219 e. The summed E-state index contributed by atoms with van der Waals surface area (Å²) in [7, 11) is 0. The molecule has 0 spiro atoms. The van der Waals surface area contributed by atoms with Gasteiger partial charge in [0.15, 0.2) is 0 Å². The quantitative estimate of drug-likeness (QED) is 0.891. The van der Waals surface area contributed by atoms with E-state index in [0.29, 0.717) is 5.92 Å². The molecule has 2 atom stereocenters. The summed E-state index contributed by atoms with van der Waals surface area (Å²) in [6.07, 6.45) is 4.97. The number of aromatic nitrogens is 1. The molecular formula is C17H22N2O2. The molecule has 1 aromatic heterocycles. The van der Waals surface area contributed by atoms with Gasteiger partial charge in [0.1, 0.15) is 0 Å². The Morgan fingerprint density at radius 3 is 3.00 bits per heavy atom. The van der Waals surface area contributed by atoms with Gasteiger partial charge in [0.25, 0.3) is 0 Å². The summed E-state index contributed by atoms with van der Waals surface area (Å²) in [6.45, 7) is 2.38. The molecule has 2 unspecified atom stereocenters. The van der Waals surface area contributed by atoms with Crippen LogP contribution in [-0.4, -0.2) is 40.1 Å². The van der Waals surface area contributed by atoms with Crippen LogP contribution in [0.1, 0.15) is 37.7 Å². The summed E-state index contributed by atoms with van der Waals surface area (Å²) in [5.41, 5.74) is 2.47. The highest BCUT2D eigenvalue weighted by atomic mass is 16.3. The van der Waals surface area contributed by atoms with Crippen LogP contribution in [0.15, 0.2) is 30.5 Å². The number of para-hydroxylation sites is 1. The number of H-pyrrole nitrogens is 1. The monoisotopic (exact) mass is 286 g/mol. The number of hydrogen-bond acceptors (Lipinski definition) is 2. The highest BCUT2D eigenvalue weighted by Gasteiger charge is 2.29. The molecule has 112 valence electrons. The first-order valence-electron chi connectivity index (χ1n) is 7.64. The highest BCUT2D eigenvalue weighted by molar-refractivity contribution is 5.83. The number of benzene rings is 1. The Bertz CT molecular complexity index is 635. The van der Waals surface area contributed by atoms with Crippen LogP contribution >= 0.6 is 0 Å².